The van der Waals surface area contributed by atoms with Gasteiger partial charge in [-0.2, -0.15) is 0 Å². The van der Waals surface area contributed by atoms with Gasteiger partial charge in [0, 0.05) is 36.3 Å². The third kappa shape index (κ3) is 4.10. The van der Waals surface area contributed by atoms with Crippen molar-refractivity contribution in [3.8, 4) is 11.3 Å². The molecular weight excluding hydrogens is 424 g/mol. The van der Waals surface area contributed by atoms with Crippen molar-refractivity contribution in [1.82, 2.24) is 10.2 Å². The lowest BCUT2D eigenvalue weighted by Gasteiger charge is -2.16. The van der Waals surface area contributed by atoms with E-state index in [9.17, 15) is 13.2 Å². The van der Waals surface area contributed by atoms with Crippen molar-refractivity contribution < 1.29 is 13.2 Å². The van der Waals surface area contributed by atoms with Crippen LogP contribution in [0.4, 0.5) is 11.5 Å². The smallest absolute Gasteiger partial charge is 0.261 e. The molecule has 0 saturated carbocycles. The van der Waals surface area contributed by atoms with E-state index in [1.54, 1.807) is 24.3 Å². The van der Waals surface area contributed by atoms with Crippen molar-refractivity contribution in [3.05, 3.63) is 65.7 Å². The summed E-state index contributed by atoms with van der Waals surface area (Å²) in [6.07, 6.45) is 4.45. The summed E-state index contributed by atoms with van der Waals surface area (Å²) in [7, 11) is -3.80. The number of hydrogen-bond donors (Lipinski definition) is 1. The number of nitrogens with zero attached hydrogens (tertiary/aromatic N) is 3. The Morgan fingerprint density at radius 3 is 2.34 bits per heavy atom. The van der Waals surface area contributed by atoms with Crippen LogP contribution in [-0.4, -0.2) is 37.5 Å². The van der Waals surface area contributed by atoms with Crippen LogP contribution < -0.4 is 9.62 Å². The summed E-state index contributed by atoms with van der Waals surface area (Å²) in [4.78, 5) is 14.5. The molecule has 32 heavy (non-hydrogen) atoms. The average molecular weight is 449 g/mol. The molecule has 0 spiro atoms. The maximum Gasteiger partial charge on any atom is 0.261 e. The van der Waals surface area contributed by atoms with E-state index in [4.69, 9.17) is 0 Å². The van der Waals surface area contributed by atoms with Gasteiger partial charge >= 0.3 is 0 Å². The number of hydrogen-bond acceptors (Lipinski definition) is 6. The largest absolute Gasteiger partial charge is 0.355 e. The molecule has 3 aromatic rings. The molecule has 8 heteroatoms. The summed E-state index contributed by atoms with van der Waals surface area (Å²) in [6.45, 7) is 2.03. The molecular formula is C24H24N4O3S. The van der Waals surface area contributed by atoms with Crippen molar-refractivity contribution in [2.45, 2.75) is 37.0 Å². The van der Waals surface area contributed by atoms with E-state index in [2.05, 4.69) is 19.8 Å². The minimum Gasteiger partial charge on any atom is -0.355 e. The first-order valence-corrected chi connectivity index (χ1v) is 12.4. The number of aryl methyl sites for hydroxylation is 1. The molecule has 0 atom stereocenters. The number of ketones is 1. The number of Topliss-reactive ketones (excluding diaryl/α,β-unsaturated/α-hetero) is 1. The van der Waals surface area contributed by atoms with Crippen molar-refractivity contribution in [3.63, 3.8) is 0 Å². The van der Waals surface area contributed by atoms with E-state index in [1.807, 2.05) is 24.3 Å². The SMILES string of the molecule is O=C1CCCc2ccc(S(=O)(=O)Nc3ccc(-c4ccc(N5CCCC5)nn4)cc3)cc21. The fourth-order valence-electron chi connectivity index (χ4n) is 4.29. The number of rotatable bonds is 5. The van der Waals surface area contributed by atoms with Gasteiger partial charge in [0.25, 0.3) is 10.0 Å². The highest BCUT2D eigenvalue weighted by atomic mass is 32.2. The topological polar surface area (TPSA) is 92.3 Å². The minimum absolute atomic E-state index is 0.00418. The van der Waals surface area contributed by atoms with Crippen LogP contribution in [0.5, 0.6) is 0 Å². The predicted molar refractivity (Wildman–Crippen MR) is 123 cm³/mol. The molecule has 1 fully saturated rings. The second kappa shape index (κ2) is 8.35. The number of aromatic nitrogens is 2. The van der Waals surface area contributed by atoms with Crippen LogP contribution in [0.2, 0.25) is 0 Å². The lowest BCUT2D eigenvalue weighted by Crippen LogP contribution is -2.19. The molecule has 7 nitrogen and oxygen atoms in total. The van der Waals surface area contributed by atoms with Gasteiger partial charge in [-0.15, -0.1) is 10.2 Å². The summed E-state index contributed by atoms with van der Waals surface area (Å²) in [5, 5.41) is 8.67. The van der Waals surface area contributed by atoms with Crippen LogP contribution >= 0.6 is 0 Å². The Kier molecular flexibility index (Phi) is 5.38. The number of anilines is 2. The van der Waals surface area contributed by atoms with Crippen molar-refractivity contribution in [1.29, 1.82) is 0 Å². The van der Waals surface area contributed by atoms with E-state index in [0.717, 1.165) is 48.6 Å². The molecule has 2 aromatic carbocycles. The molecule has 1 saturated heterocycles. The first kappa shape index (κ1) is 20.6. The highest BCUT2D eigenvalue weighted by Gasteiger charge is 2.22. The Balaban J connectivity index is 1.32. The summed E-state index contributed by atoms with van der Waals surface area (Å²) >= 11 is 0. The molecule has 2 heterocycles. The quantitative estimate of drug-likeness (QED) is 0.633. The van der Waals surface area contributed by atoms with Gasteiger partial charge in [0.05, 0.1) is 10.6 Å². The molecule has 2 aliphatic rings. The van der Waals surface area contributed by atoms with Crippen LogP contribution in [0.1, 0.15) is 41.6 Å². The number of carbonyl (C=O) groups excluding carboxylic acids is 1. The van der Waals surface area contributed by atoms with Crippen LogP contribution in [0.25, 0.3) is 11.3 Å². The normalized spacial score (nSPS) is 16.1. The average Bonchev–Trinajstić information content (AvgIpc) is 3.35. The van der Waals surface area contributed by atoms with Crippen LogP contribution in [0.3, 0.4) is 0 Å². The van der Waals surface area contributed by atoms with Crippen LogP contribution in [-0.2, 0) is 16.4 Å². The monoisotopic (exact) mass is 448 g/mol. The highest BCUT2D eigenvalue weighted by molar-refractivity contribution is 7.92. The summed E-state index contributed by atoms with van der Waals surface area (Å²) in [5.41, 5.74) is 3.47. The zero-order chi connectivity index (χ0) is 22.1. The predicted octanol–water partition coefficient (Wildman–Crippen LogP) is 4.06. The molecule has 164 valence electrons. The molecule has 0 amide bonds. The van der Waals surface area contributed by atoms with Gasteiger partial charge in [-0.05, 0) is 67.6 Å². The zero-order valence-corrected chi connectivity index (χ0v) is 18.4. The van der Waals surface area contributed by atoms with E-state index in [1.165, 1.54) is 18.9 Å². The number of carbonyl (C=O) groups is 1. The number of nitrogens with one attached hydrogen (secondary N) is 1. The maximum atomic E-state index is 12.9. The van der Waals surface area contributed by atoms with Crippen molar-refractivity contribution in [2.75, 3.05) is 22.7 Å². The van der Waals surface area contributed by atoms with Crippen LogP contribution in [0, 0.1) is 0 Å². The number of fused-ring (bicyclic) bond motifs is 1. The Morgan fingerprint density at radius 2 is 1.62 bits per heavy atom. The lowest BCUT2D eigenvalue weighted by atomic mass is 9.91. The van der Waals surface area contributed by atoms with Gasteiger partial charge in [0.1, 0.15) is 0 Å². The number of benzene rings is 2. The Bertz CT molecular complexity index is 1250. The zero-order valence-electron chi connectivity index (χ0n) is 17.6. The molecule has 1 aliphatic carbocycles. The molecule has 0 bridgehead atoms. The van der Waals surface area contributed by atoms with Gasteiger partial charge in [-0.25, -0.2) is 8.42 Å². The lowest BCUT2D eigenvalue weighted by molar-refractivity contribution is 0.0972. The first-order chi connectivity index (χ1) is 15.5. The third-order valence-electron chi connectivity index (χ3n) is 6.06. The Labute approximate surface area is 187 Å². The summed E-state index contributed by atoms with van der Waals surface area (Å²) in [6, 6.07) is 15.7. The standard InChI is InChI=1S/C24H24N4O3S/c29-23-5-3-4-17-8-11-20(16-21(17)23)32(30,31)27-19-9-6-18(7-10-19)22-12-13-24(26-25-22)28-14-1-2-15-28/h6-13,16,27H,1-5,14-15H2. The number of sulfonamides is 1. The molecule has 5 rings (SSSR count). The molecule has 1 aromatic heterocycles. The fraction of sp³-hybridized carbons (Fsp3) is 0.292. The van der Waals surface area contributed by atoms with Gasteiger partial charge in [-0.3, -0.25) is 9.52 Å². The van der Waals surface area contributed by atoms with E-state index in [0.29, 0.717) is 17.7 Å². The van der Waals surface area contributed by atoms with Crippen molar-refractivity contribution >= 4 is 27.3 Å². The van der Waals surface area contributed by atoms with Gasteiger partial charge < -0.3 is 4.90 Å². The third-order valence-corrected chi connectivity index (χ3v) is 7.43. The van der Waals surface area contributed by atoms with E-state index < -0.39 is 10.0 Å². The minimum atomic E-state index is -3.80. The van der Waals surface area contributed by atoms with E-state index in [-0.39, 0.29) is 10.7 Å². The summed E-state index contributed by atoms with van der Waals surface area (Å²) < 4.78 is 28.3. The summed E-state index contributed by atoms with van der Waals surface area (Å²) in [5.74, 6) is 0.892. The van der Waals surface area contributed by atoms with E-state index >= 15 is 0 Å². The molecule has 0 radical (unpaired) electrons. The Morgan fingerprint density at radius 1 is 0.844 bits per heavy atom. The van der Waals surface area contributed by atoms with Gasteiger partial charge in [-0.1, -0.05) is 18.2 Å². The second-order valence-corrected chi connectivity index (χ2v) is 9.93. The van der Waals surface area contributed by atoms with Gasteiger partial charge in [0.2, 0.25) is 0 Å². The molecule has 0 unspecified atom stereocenters. The molecule has 1 aliphatic heterocycles. The maximum absolute atomic E-state index is 12.9. The second-order valence-electron chi connectivity index (χ2n) is 8.25. The Hall–Kier alpha value is -3.26. The fourth-order valence-corrected chi connectivity index (χ4v) is 5.38. The highest BCUT2D eigenvalue weighted by Crippen LogP contribution is 2.27. The first-order valence-electron chi connectivity index (χ1n) is 10.9. The van der Waals surface area contributed by atoms with Gasteiger partial charge in [0.15, 0.2) is 11.6 Å². The molecule has 1 N–H and O–H groups in total. The van der Waals surface area contributed by atoms with Crippen molar-refractivity contribution in [2.24, 2.45) is 0 Å². The van der Waals surface area contributed by atoms with Crippen LogP contribution in [0.15, 0.2) is 59.5 Å².